The van der Waals surface area contributed by atoms with Crippen molar-refractivity contribution in [1.82, 2.24) is 29.1 Å². The smallest absolute Gasteiger partial charge is 0.101 e. The molecular weight excluding hydrogens is 1100 g/mol. The molecule has 418 valence electrons. The van der Waals surface area contributed by atoms with Crippen molar-refractivity contribution in [3.8, 4) is 124 Å². The summed E-state index contributed by atoms with van der Waals surface area (Å²) in [6, 6.07) is 102. The van der Waals surface area contributed by atoms with Gasteiger partial charge in [0.05, 0.1) is 73.4 Å². The van der Waals surface area contributed by atoms with Crippen LogP contribution in [0.5, 0.6) is 0 Å². The molecule has 0 aliphatic heterocycles. The highest BCUT2D eigenvalue weighted by Crippen LogP contribution is 2.45. The molecule has 90 heavy (non-hydrogen) atoms. The Kier molecular flexibility index (Phi) is 13.1. The average molecular weight is 1150 g/mol. The minimum Gasteiger partial charge on any atom is -0.309 e. The van der Waals surface area contributed by atoms with Crippen LogP contribution in [-0.4, -0.2) is 29.1 Å². The summed E-state index contributed by atoms with van der Waals surface area (Å²) in [5.74, 6) is 0. The van der Waals surface area contributed by atoms with Gasteiger partial charge in [-0.2, -0.15) is 10.5 Å². The summed E-state index contributed by atoms with van der Waals surface area (Å²) in [6.45, 7) is 0. The molecule has 0 bridgehead atoms. The zero-order chi connectivity index (χ0) is 60.1. The molecule has 0 spiro atoms. The zero-order valence-corrected chi connectivity index (χ0v) is 48.4. The first-order valence-corrected chi connectivity index (χ1v) is 29.8. The lowest BCUT2D eigenvalue weighted by Gasteiger charge is -2.19. The summed E-state index contributed by atoms with van der Waals surface area (Å²) >= 11 is 0. The summed E-state index contributed by atoms with van der Waals surface area (Å²) < 4.78 is 4.53. The van der Waals surface area contributed by atoms with E-state index >= 15 is 0 Å². The molecule has 0 unspecified atom stereocenters. The van der Waals surface area contributed by atoms with Crippen molar-refractivity contribution in [3.63, 3.8) is 0 Å². The van der Waals surface area contributed by atoms with Gasteiger partial charge in [-0.15, -0.1) is 0 Å². The molecular formula is C82H50N8. The Bertz CT molecular complexity index is 5280. The second kappa shape index (κ2) is 22.3. The highest BCUT2D eigenvalue weighted by atomic mass is 15.0. The minimum atomic E-state index is 0.471. The fourth-order valence-corrected chi connectivity index (χ4v) is 12.8. The summed E-state index contributed by atoms with van der Waals surface area (Å²) in [5, 5.41) is 26.4. The van der Waals surface area contributed by atoms with Crippen molar-refractivity contribution in [1.29, 1.82) is 10.5 Å². The zero-order valence-electron chi connectivity index (χ0n) is 48.4. The van der Waals surface area contributed by atoms with Crippen LogP contribution in [0.2, 0.25) is 0 Å². The van der Waals surface area contributed by atoms with Crippen LogP contribution >= 0.6 is 0 Å². The van der Waals surface area contributed by atoms with Crippen molar-refractivity contribution in [2.45, 2.75) is 0 Å². The monoisotopic (exact) mass is 1150 g/mol. The number of rotatable bonds is 11. The Labute approximate surface area is 519 Å². The Morgan fingerprint density at radius 1 is 0.244 bits per heavy atom. The first kappa shape index (κ1) is 52.9. The third-order valence-corrected chi connectivity index (χ3v) is 17.2. The van der Waals surface area contributed by atoms with Gasteiger partial charge in [0.15, 0.2) is 0 Å². The third-order valence-electron chi connectivity index (χ3n) is 17.2. The molecule has 0 aliphatic carbocycles. The van der Waals surface area contributed by atoms with Crippen LogP contribution in [0.4, 0.5) is 0 Å². The molecule has 8 nitrogen and oxygen atoms in total. The van der Waals surface area contributed by atoms with E-state index in [4.69, 9.17) is 19.9 Å². The number of pyridine rings is 4. The van der Waals surface area contributed by atoms with Crippen LogP contribution < -0.4 is 0 Å². The highest BCUT2D eigenvalue weighted by Gasteiger charge is 2.24. The predicted octanol–water partition coefficient (Wildman–Crippen LogP) is 20.2. The van der Waals surface area contributed by atoms with Crippen LogP contribution in [0.3, 0.4) is 0 Å². The Morgan fingerprint density at radius 2 is 0.567 bits per heavy atom. The number of aromatic nitrogens is 6. The lowest BCUT2D eigenvalue weighted by molar-refractivity contribution is 1.14. The Hall–Kier alpha value is -12.6. The molecule has 8 heteroatoms. The van der Waals surface area contributed by atoms with Gasteiger partial charge >= 0.3 is 0 Å². The second-order valence-electron chi connectivity index (χ2n) is 22.5. The van der Waals surface area contributed by atoms with Gasteiger partial charge in [0.25, 0.3) is 0 Å². The Morgan fingerprint density at radius 3 is 0.900 bits per heavy atom. The van der Waals surface area contributed by atoms with Gasteiger partial charge in [-0.05, 0) is 171 Å². The first-order valence-electron chi connectivity index (χ1n) is 29.8. The molecule has 0 amide bonds. The maximum absolute atomic E-state index is 11.8. The van der Waals surface area contributed by atoms with Crippen molar-refractivity contribution in [2.75, 3.05) is 0 Å². The number of nitriles is 2. The summed E-state index contributed by atoms with van der Waals surface area (Å²) in [6.07, 6.45) is 7.51. The fourth-order valence-electron chi connectivity index (χ4n) is 12.8. The topological polar surface area (TPSA) is 109 Å². The van der Waals surface area contributed by atoms with Gasteiger partial charge in [0, 0.05) is 74.1 Å². The van der Waals surface area contributed by atoms with Gasteiger partial charge in [-0.3, -0.25) is 19.9 Å². The fraction of sp³-hybridized carbons (Fsp3) is 0. The molecule has 10 aromatic carbocycles. The summed E-state index contributed by atoms with van der Waals surface area (Å²) in [7, 11) is 0. The lowest BCUT2D eigenvalue weighted by Crippen LogP contribution is -2.04. The molecule has 16 rings (SSSR count). The molecule has 0 aliphatic rings. The van der Waals surface area contributed by atoms with Gasteiger partial charge < -0.3 is 9.13 Å². The number of nitrogens with zero attached hydrogens (tertiary/aromatic N) is 8. The molecule has 6 aromatic heterocycles. The predicted molar refractivity (Wildman–Crippen MR) is 365 cm³/mol. The minimum absolute atomic E-state index is 0.471. The quantitative estimate of drug-likeness (QED) is 0.128. The standard InChI is InChI=1S/C82H50N8/c83-51-53-14-13-23-66(40-53)68-50-81(89-77-28-24-58(62-32-36-85-73(45-62)54-15-5-1-6-16-54)41-69(77)70-42-59(25-29-78(70)89)63-33-37-86-74(46-63)55-17-7-2-8-18-55)67(52-84)49-82(68)90-79-30-26-60(64-34-38-87-75(47-64)56-19-9-3-10-20-56)43-71(79)72-44-61(27-31-80(72)90)65-35-39-88-76(48-65)57-21-11-4-12-22-57/h1-50H. The van der Waals surface area contributed by atoms with E-state index in [-0.39, 0.29) is 0 Å². The van der Waals surface area contributed by atoms with Crippen LogP contribution in [0.15, 0.2) is 304 Å². The third kappa shape index (κ3) is 9.51. The van der Waals surface area contributed by atoms with Gasteiger partial charge in [-0.25, -0.2) is 0 Å². The second-order valence-corrected chi connectivity index (χ2v) is 22.5. The maximum atomic E-state index is 11.8. The van der Waals surface area contributed by atoms with Gasteiger partial charge in [0.1, 0.15) is 6.07 Å². The van der Waals surface area contributed by atoms with E-state index in [0.717, 1.165) is 150 Å². The Balaban J connectivity index is 0.929. The van der Waals surface area contributed by atoms with Crippen molar-refractivity contribution in [3.05, 3.63) is 315 Å². The van der Waals surface area contributed by atoms with Gasteiger partial charge in [0.2, 0.25) is 0 Å². The van der Waals surface area contributed by atoms with Crippen molar-refractivity contribution in [2.24, 2.45) is 0 Å². The maximum Gasteiger partial charge on any atom is 0.101 e. The van der Waals surface area contributed by atoms with Crippen molar-refractivity contribution >= 4 is 43.6 Å². The molecule has 0 saturated heterocycles. The molecule has 0 radical (unpaired) electrons. The number of hydrogen-bond acceptors (Lipinski definition) is 6. The van der Waals surface area contributed by atoms with Gasteiger partial charge in [-0.1, -0.05) is 158 Å². The van der Waals surface area contributed by atoms with E-state index in [2.05, 4.69) is 203 Å². The first-order chi connectivity index (χ1) is 44.5. The SMILES string of the molecule is N#Cc1cccc(-c2cc(-n3c4ccc(-c5ccnc(-c6ccccc6)c5)cc4c4cc(-c5ccnc(-c6ccccc6)c5)ccc43)c(C#N)cc2-n2c3ccc(-c4ccnc(-c5ccccc5)c4)cc3c3cc(-c4ccnc(-c5ccccc5)c4)ccc32)c1. The average Bonchev–Trinajstić information content (AvgIpc) is 1.58. The van der Waals surface area contributed by atoms with E-state index < -0.39 is 0 Å². The van der Waals surface area contributed by atoms with Crippen LogP contribution in [0.1, 0.15) is 11.1 Å². The van der Waals surface area contributed by atoms with Crippen molar-refractivity contribution < 1.29 is 0 Å². The van der Waals surface area contributed by atoms with Crippen LogP contribution in [-0.2, 0) is 0 Å². The molecule has 0 fully saturated rings. The van der Waals surface area contributed by atoms with E-state index in [9.17, 15) is 10.5 Å². The molecule has 0 N–H and O–H groups in total. The normalized spacial score (nSPS) is 11.3. The summed E-state index contributed by atoms with van der Waals surface area (Å²) in [4.78, 5) is 19.1. The van der Waals surface area contributed by atoms with E-state index in [1.54, 1.807) is 0 Å². The summed E-state index contributed by atoms with van der Waals surface area (Å²) in [5.41, 5.74) is 23.9. The van der Waals surface area contributed by atoms with Crippen LogP contribution in [0, 0.1) is 22.7 Å². The molecule has 6 heterocycles. The molecule has 0 saturated carbocycles. The number of hydrogen-bond donors (Lipinski definition) is 0. The molecule has 16 aromatic rings. The number of fused-ring (bicyclic) bond motifs is 6. The largest absolute Gasteiger partial charge is 0.309 e. The number of benzene rings is 10. The molecule has 0 atom stereocenters. The lowest BCUT2D eigenvalue weighted by atomic mass is 9.97. The highest BCUT2D eigenvalue weighted by molar-refractivity contribution is 6.14. The van der Waals surface area contributed by atoms with Crippen LogP contribution in [0.25, 0.3) is 156 Å². The van der Waals surface area contributed by atoms with E-state index in [0.29, 0.717) is 16.8 Å². The van der Waals surface area contributed by atoms with E-state index in [1.165, 1.54) is 0 Å². The van der Waals surface area contributed by atoms with E-state index in [1.807, 2.05) is 122 Å².